The van der Waals surface area contributed by atoms with Crippen LogP contribution in [0.3, 0.4) is 0 Å². The monoisotopic (exact) mass is 482 g/mol. The minimum Gasteiger partial charge on any atom is -0.353 e. The van der Waals surface area contributed by atoms with Gasteiger partial charge in [-0.3, -0.25) is 9.69 Å². The van der Waals surface area contributed by atoms with Gasteiger partial charge < -0.3 is 14.7 Å². The smallest absolute Gasteiger partial charge is 0.231 e. The van der Waals surface area contributed by atoms with Crippen molar-refractivity contribution in [3.8, 4) is 0 Å². The maximum Gasteiger partial charge on any atom is 0.231 e. The minimum atomic E-state index is -0.171. The zero-order valence-corrected chi connectivity index (χ0v) is 21.0. The number of halogens is 1. The van der Waals surface area contributed by atoms with Gasteiger partial charge in [-0.1, -0.05) is 30.7 Å². The molecule has 2 fully saturated rings. The van der Waals surface area contributed by atoms with E-state index >= 15 is 0 Å². The van der Waals surface area contributed by atoms with Crippen LogP contribution in [0.25, 0.3) is 0 Å². The summed E-state index contributed by atoms with van der Waals surface area (Å²) in [7, 11) is 2.16. The van der Waals surface area contributed by atoms with Crippen LogP contribution in [0.1, 0.15) is 42.0 Å². The molecule has 0 N–H and O–H groups in total. The lowest BCUT2D eigenvalue weighted by Crippen LogP contribution is -2.52. The van der Waals surface area contributed by atoms with Crippen molar-refractivity contribution in [3.05, 3.63) is 52.4 Å². The molecule has 8 heteroatoms. The van der Waals surface area contributed by atoms with Gasteiger partial charge in [0.25, 0.3) is 0 Å². The summed E-state index contributed by atoms with van der Waals surface area (Å²) in [6, 6.07) is 7.83. The van der Waals surface area contributed by atoms with Crippen molar-refractivity contribution in [2.45, 2.75) is 31.6 Å². The first-order valence-electron chi connectivity index (χ1n) is 12.5. The number of fused-ring (bicyclic) bond motifs is 1. The predicted octanol–water partition coefficient (Wildman–Crippen LogP) is 2.86. The van der Waals surface area contributed by atoms with E-state index in [-0.39, 0.29) is 11.8 Å². The quantitative estimate of drug-likeness (QED) is 0.653. The maximum atomic E-state index is 13.8. The Kier molecular flexibility index (Phi) is 7.04. The van der Waals surface area contributed by atoms with Crippen LogP contribution in [-0.4, -0.2) is 96.5 Å². The second kappa shape index (κ2) is 10.2. The lowest BCUT2D eigenvalue weighted by atomic mass is 9.96. The number of likely N-dealkylation sites (N-methyl/N-ethyl adjacent to an activating group) is 1. The highest BCUT2D eigenvalue weighted by Crippen LogP contribution is 2.37. The Morgan fingerprint density at radius 2 is 1.74 bits per heavy atom. The molecule has 182 valence electrons. The molecule has 1 aromatic carbocycles. The van der Waals surface area contributed by atoms with Gasteiger partial charge in [0.2, 0.25) is 5.91 Å². The van der Waals surface area contributed by atoms with E-state index in [1.807, 2.05) is 24.3 Å². The van der Waals surface area contributed by atoms with Crippen molar-refractivity contribution in [2.24, 2.45) is 0 Å². The summed E-state index contributed by atoms with van der Waals surface area (Å²) in [6.07, 6.45) is 3.89. The average Bonchev–Trinajstić information content (AvgIpc) is 3.25. The van der Waals surface area contributed by atoms with Crippen LogP contribution in [0.4, 0.5) is 5.82 Å². The molecule has 7 nitrogen and oxygen atoms in total. The molecule has 2 aliphatic heterocycles. The molecule has 34 heavy (non-hydrogen) atoms. The highest BCUT2D eigenvalue weighted by Gasteiger charge is 2.33. The fraction of sp³-hybridized carbons (Fsp3) is 0.577. The normalized spacial score (nSPS) is 22.6. The zero-order chi connectivity index (χ0) is 23.7. The third-order valence-corrected chi connectivity index (χ3v) is 8.00. The molecule has 0 unspecified atom stereocenters. The van der Waals surface area contributed by atoms with Gasteiger partial charge in [0.1, 0.15) is 12.1 Å². The van der Waals surface area contributed by atoms with Gasteiger partial charge in [0.05, 0.1) is 5.92 Å². The molecule has 1 amide bonds. The largest absolute Gasteiger partial charge is 0.353 e. The fourth-order valence-electron chi connectivity index (χ4n) is 5.54. The van der Waals surface area contributed by atoms with E-state index in [2.05, 4.69) is 43.5 Å². The number of piperazine rings is 2. The standard InChI is InChI=1S/C26H35ClN6O/c1-19-3-8-23-24(19)25(29-18-28-23)32-13-15-33(16-14-32)26(34)22(20-4-6-21(27)7-5-20)17-31-11-9-30(2)10-12-31/h4-7,18-19,22H,3,8-17H2,1-2H3/t19-,22+/m1/s1. The van der Waals surface area contributed by atoms with Gasteiger partial charge in [-0.2, -0.15) is 0 Å². The fourth-order valence-corrected chi connectivity index (χ4v) is 5.67. The predicted molar refractivity (Wildman–Crippen MR) is 136 cm³/mol. The molecule has 2 saturated heterocycles. The Morgan fingerprint density at radius 3 is 2.44 bits per heavy atom. The first-order valence-corrected chi connectivity index (χ1v) is 12.9. The van der Waals surface area contributed by atoms with Crippen molar-refractivity contribution >= 4 is 23.3 Å². The highest BCUT2D eigenvalue weighted by molar-refractivity contribution is 6.30. The van der Waals surface area contributed by atoms with Crippen molar-refractivity contribution in [3.63, 3.8) is 0 Å². The molecule has 0 spiro atoms. The van der Waals surface area contributed by atoms with Crippen molar-refractivity contribution in [1.29, 1.82) is 0 Å². The van der Waals surface area contributed by atoms with Crippen molar-refractivity contribution in [2.75, 3.05) is 70.9 Å². The summed E-state index contributed by atoms with van der Waals surface area (Å²) in [4.78, 5) is 32.2. The summed E-state index contributed by atoms with van der Waals surface area (Å²) in [6.45, 7) is 10.2. The minimum absolute atomic E-state index is 0.171. The number of benzene rings is 1. The average molecular weight is 483 g/mol. The Balaban J connectivity index is 1.29. The summed E-state index contributed by atoms with van der Waals surface area (Å²) in [5, 5.41) is 0.703. The van der Waals surface area contributed by atoms with Crippen LogP contribution in [0.15, 0.2) is 30.6 Å². The summed E-state index contributed by atoms with van der Waals surface area (Å²) in [5.74, 6) is 1.63. The van der Waals surface area contributed by atoms with E-state index in [0.29, 0.717) is 10.9 Å². The number of anilines is 1. The molecule has 1 aliphatic carbocycles. The summed E-state index contributed by atoms with van der Waals surface area (Å²) in [5.41, 5.74) is 3.57. The second-order valence-electron chi connectivity index (χ2n) is 10.0. The molecule has 3 heterocycles. The third-order valence-electron chi connectivity index (χ3n) is 7.75. The van der Waals surface area contributed by atoms with Crippen LogP contribution in [0, 0.1) is 0 Å². The number of nitrogens with zero attached hydrogens (tertiary/aromatic N) is 6. The molecular formula is C26H35ClN6O. The number of aromatic nitrogens is 2. The van der Waals surface area contributed by atoms with Crippen molar-refractivity contribution in [1.82, 2.24) is 24.7 Å². The van der Waals surface area contributed by atoms with E-state index in [1.165, 1.54) is 11.3 Å². The van der Waals surface area contributed by atoms with Crippen LogP contribution >= 0.6 is 11.6 Å². The van der Waals surface area contributed by atoms with Crippen LogP contribution in [0.5, 0.6) is 0 Å². The molecular weight excluding hydrogens is 448 g/mol. The molecule has 2 atom stereocenters. The van der Waals surface area contributed by atoms with Gasteiger partial charge in [-0.25, -0.2) is 9.97 Å². The molecule has 0 bridgehead atoms. The number of carbonyl (C=O) groups excluding carboxylic acids is 1. The lowest BCUT2D eigenvalue weighted by molar-refractivity contribution is -0.133. The zero-order valence-electron chi connectivity index (χ0n) is 20.3. The van der Waals surface area contributed by atoms with E-state index in [4.69, 9.17) is 11.6 Å². The number of carbonyl (C=O) groups is 1. The van der Waals surface area contributed by atoms with E-state index < -0.39 is 0 Å². The highest BCUT2D eigenvalue weighted by atomic mass is 35.5. The van der Waals surface area contributed by atoms with E-state index in [1.54, 1.807) is 6.33 Å². The van der Waals surface area contributed by atoms with Crippen LogP contribution in [0.2, 0.25) is 5.02 Å². The summed E-state index contributed by atoms with van der Waals surface area (Å²) < 4.78 is 0. The Bertz CT molecular complexity index is 999. The van der Waals surface area contributed by atoms with E-state index in [0.717, 1.165) is 83.1 Å². The molecule has 5 rings (SSSR count). The third kappa shape index (κ3) is 4.92. The molecule has 1 aromatic heterocycles. The second-order valence-corrected chi connectivity index (χ2v) is 10.5. The van der Waals surface area contributed by atoms with Crippen LogP contribution in [-0.2, 0) is 11.2 Å². The summed E-state index contributed by atoms with van der Waals surface area (Å²) >= 11 is 6.15. The maximum absolute atomic E-state index is 13.8. The van der Waals surface area contributed by atoms with Gasteiger partial charge in [-0.15, -0.1) is 0 Å². The Hall–Kier alpha value is -2.22. The number of rotatable bonds is 5. The van der Waals surface area contributed by atoms with Gasteiger partial charge in [-0.05, 0) is 43.5 Å². The number of hydrogen-bond donors (Lipinski definition) is 0. The van der Waals surface area contributed by atoms with E-state index in [9.17, 15) is 4.79 Å². The van der Waals surface area contributed by atoms with Crippen LogP contribution < -0.4 is 4.90 Å². The number of aryl methyl sites for hydroxylation is 1. The van der Waals surface area contributed by atoms with Gasteiger partial charge >= 0.3 is 0 Å². The molecule has 0 radical (unpaired) electrons. The lowest BCUT2D eigenvalue weighted by Gasteiger charge is -2.39. The topological polar surface area (TPSA) is 55.8 Å². The molecule has 0 saturated carbocycles. The SMILES string of the molecule is C[C@@H]1CCc2ncnc(N3CCN(C(=O)[C@@H](CN4CCN(C)CC4)c4ccc(Cl)cc4)CC3)c21. The first-order chi connectivity index (χ1) is 16.5. The Morgan fingerprint density at radius 1 is 1.03 bits per heavy atom. The molecule has 3 aliphatic rings. The van der Waals surface area contributed by atoms with Gasteiger partial charge in [0.15, 0.2) is 0 Å². The number of amides is 1. The van der Waals surface area contributed by atoms with Crippen molar-refractivity contribution < 1.29 is 4.79 Å². The van der Waals surface area contributed by atoms with Gasteiger partial charge in [0, 0.05) is 75.2 Å². The Labute approximate surface area is 207 Å². The molecule has 2 aromatic rings. The number of hydrogen-bond acceptors (Lipinski definition) is 6. The first kappa shape index (κ1) is 23.5.